The number of rotatable bonds is 6. The zero-order valence-electron chi connectivity index (χ0n) is 10.8. The van der Waals surface area contributed by atoms with E-state index in [0.29, 0.717) is 25.6 Å². The monoisotopic (exact) mass is 241 g/mol. The van der Waals surface area contributed by atoms with Crippen LogP contribution in [0.1, 0.15) is 37.2 Å². The third-order valence-electron chi connectivity index (χ3n) is 2.28. The van der Waals surface area contributed by atoms with Gasteiger partial charge in [0.15, 0.2) is 0 Å². The average molecular weight is 241 g/mol. The van der Waals surface area contributed by atoms with Crippen molar-refractivity contribution in [1.82, 2.24) is 14.8 Å². The highest BCUT2D eigenvalue weighted by molar-refractivity contribution is 5.85. The van der Waals surface area contributed by atoms with Crippen molar-refractivity contribution in [2.45, 2.75) is 40.3 Å². The Bertz CT molecular complexity index is 376. The van der Waals surface area contributed by atoms with Gasteiger partial charge in [-0.15, -0.1) is 10.2 Å². The molecular weight excluding hydrogens is 222 g/mol. The van der Waals surface area contributed by atoms with Crippen LogP contribution in [0.25, 0.3) is 0 Å². The summed E-state index contributed by atoms with van der Waals surface area (Å²) in [6, 6.07) is 0. The van der Waals surface area contributed by atoms with Crippen LogP contribution in [-0.2, 0) is 16.0 Å². The van der Waals surface area contributed by atoms with E-state index in [9.17, 15) is 4.79 Å². The number of carbonyl (C=O) groups is 1. The van der Waals surface area contributed by atoms with Gasteiger partial charge in [0, 0.05) is 6.61 Å². The van der Waals surface area contributed by atoms with Gasteiger partial charge in [-0.1, -0.05) is 0 Å². The number of hydrogen-bond donors (Lipinski definition) is 0. The Balaban J connectivity index is 2.82. The maximum Gasteiger partial charge on any atom is 0.376 e. The molecule has 0 fully saturated rings. The van der Waals surface area contributed by atoms with E-state index in [-0.39, 0.29) is 11.9 Å². The van der Waals surface area contributed by atoms with Crippen molar-refractivity contribution >= 4 is 5.97 Å². The van der Waals surface area contributed by atoms with Gasteiger partial charge in [-0.05, 0) is 27.7 Å². The number of hydrogen-bond acceptors (Lipinski definition) is 5. The normalized spacial score (nSPS) is 12.5. The second-order valence-electron chi connectivity index (χ2n) is 3.67. The van der Waals surface area contributed by atoms with E-state index in [4.69, 9.17) is 9.47 Å². The molecule has 0 aliphatic heterocycles. The van der Waals surface area contributed by atoms with Crippen molar-refractivity contribution < 1.29 is 14.3 Å². The van der Waals surface area contributed by atoms with Gasteiger partial charge in [0.2, 0.25) is 5.82 Å². The molecule has 1 heterocycles. The molecular formula is C11H19N3O3. The summed E-state index contributed by atoms with van der Waals surface area (Å²) in [5.41, 5.74) is 0. The minimum Gasteiger partial charge on any atom is -0.460 e. The highest BCUT2D eigenvalue weighted by Gasteiger charge is 2.19. The Labute approximate surface area is 101 Å². The van der Waals surface area contributed by atoms with Gasteiger partial charge in [-0.3, -0.25) is 0 Å². The van der Waals surface area contributed by atoms with Crippen LogP contribution < -0.4 is 0 Å². The molecule has 0 amide bonds. The quantitative estimate of drug-likeness (QED) is 0.700. The maximum atomic E-state index is 11.6. The van der Waals surface area contributed by atoms with Crippen molar-refractivity contribution in [2.24, 2.45) is 0 Å². The molecule has 0 aliphatic carbocycles. The van der Waals surface area contributed by atoms with Crippen LogP contribution in [0.3, 0.4) is 0 Å². The number of aryl methyl sites for hydroxylation is 1. The first-order chi connectivity index (χ1) is 8.10. The van der Waals surface area contributed by atoms with Crippen LogP contribution in [0, 0.1) is 6.92 Å². The van der Waals surface area contributed by atoms with Gasteiger partial charge >= 0.3 is 5.97 Å². The fourth-order valence-corrected chi connectivity index (χ4v) is 1.54. The number of esters is 1. The zero-order chi connectivity index (χ0) is 12.8. The van der Waals surface area contributed by atoms with Crippen LogP contribution in [0.4, 0.5) is 0 Å². The van der Waals surface area contributed by atoms with Crippen LogP contribution in [0.5, 0.6) is 0 Å². The number of nitrogens with zero attached hydrogens (tertiary/aromatic N) is 3. The second kappa shape index (κ2) is 6.34. The van der Waals surface area contributed by atoms with Crippen LogP contribution in [0.2, 0.25) is 0 Å². The molecule has 17 heavy (non-hydrogen) atoms. The largest absolute Gasteiger partial charge is 0.460 e. The summed E-state index contributed by atoms with van der Waals surface area (Å²) in [6.07, 6.45) is 0.00266. The summed E-state index contributed by atoms with van der Waals surface area (Å²) in [7, 11) is 0. The Morgan fingerprint density at radius 2 is 2.06 bits per heavy atom. The SMILES string of the molecule is CCOC(=O)c1nnc(C)n1CC(C)OCC. The summed E-state index contributed by atoms with van der Waals surface area (Å²) in [4.78, 5) is 11.6. The van der Waals surface area contributed by atoms with E-state index >= 15 is 0 Å². The molecule has 1 atom stereocenters. The third-order valence-corrected chi connectivity index (χ3v) is 2.28. The lowest BCUT2D eigenvalue weighted by Crippen LogP contribution is -2.22. The average Bonchev–Trinajstić information content (AvgIpc) is 2.61. The van der Waals surface area contributed by atoms with Crippen molar-refractivity contribution in [1.29, 1.82) is 0 Å². The third kappa shape index (κ3) is 3.52. The lowest BCUT2D eigenvalue weighted by atomic mass is 10.3. The standard InChI is InChI=1S/C11H19N3O3/c1-5-16-8(3)7-14-9(4)12-13-10(14)11(15)17-6-2/h8H,5-7H2,1-4H3. The minimum atomic E-state index is -0.447. The maximum absolute atomic E-state index is 11.6. The van der Waals surface area contributed by atoms with E-state index in [1.807, 2.05) is 13.8 Å². The summed E-state index contributed by atoms with van der Waals surface area (Å²) in [5.74, 6) is 0.465. The Kier molecular flexibility index (Phi) is 5.09. The van der Waals surface area contributed by atoms with E-state index < -0.39 is 5.97 Å². The predicted molar refractivity (Wildman–Crippen MR) is 61.8 cm³/mol. The topological polar surface area (TPSA) is 66.2 Å². The molecule has 0 N–H and O–H groups in total. The molecule has 6 nitrogen and oxygen atoms in total. The number of carbonyl (C=O) groups excluding carboxylic acids is 1. The molecule has 6 heteroatoms. The van der Waals surface area contributed by atoms with Gasteiger partial charge in [-0.25, -0.2) is 4.79 Å². The molecule has 0 spiro atoms. The minimum absolute atomic E-state index is 0.00266. The van der Waals surface area contributed by atoms with Crippen molar-refractivity contribution in [3.8, 4) is 0 Å². The zero-order valence-corrected chi connectivity index (χ0v) is 10.8. The lowest BCUT2D eigenvalue weighted by molar-refractivity contribution is 0.0475. The molecule has 0 saturated heterocycles. The fraction of sp³-hybridized carbons (Fsp3) is 0.727. The fourth-order valence-electron chi connectivity index (χ4n) is 1.54. The molecule has 0 radical (unpaired) electrons. The number of ether oxygens (including phenoxy) is 2. The lowest BCUT2D eigenvalue weighted by Gasteiger charge is -2.14. The smallest absolute Gasteiger partial charge is 0.376 e. The molecule has 0 aromatic carbocycles. The molecule has 0 bridgehead atoms. The predicted octanol–water partition coefficient (Wildman–Crippen LogP) is 1.19. The first-order valence-corrected chi connectivity index (χ1v) is 5.78. The van der Waals surface area contributed by atoms with Crippen molar-refractivity contribution in [3.63, 3.8) is 0 Å². The van der Waals surface area contributed by atoms with E-state index in [2.05, 4.69) is 10.2 Å². The Morgan fingerprint density at radius 1 is 1.35 bits per heavy atom. The van der Waals surface area contributed by atoms with Crippen LogP contribution >= 0.6 is 0 Å². The summed E-state index contributed by atoms with van der Waals surface area (Å²) in [6.45, 7) is 8.94. The first kappa shape index (κ1) is 13.6. The van der Waals surface area contributed by atoms with Crippen LogP contribution in [0.15, 0.2) is 0 Å². The summed E-state index contributed by atoms with van der Waals surface area (Å²) >= 11 is 0. The summed E-state index contributed by atoms with van der Waals surface area (Å²) < 4.78 is 12.1. The van der Waals surface area contributed by atoms with Gasteiger partial charge in [-0.2, -0.15) is 0 Å². The summed E-state index contributed by atoms with van der Waals surface area (Å²) in [5, 5.41) is 7.72. The molecule has 1 unspecified atom stereocenters. The molecule has 0 saturated carbocycles. The molecule has 1 aromatic heterocycles. The highest BCUT2D eigenvalue weighted by Crippen LogP contribution is 2.06. The van der Waals surface area contributed by atoms with Gasteiger partial charge < -0.3 is 14.0 Å². The van der Waals surface area contributed by atoms with Crippen LogP contribution in [-0.4, -0.2) is 40.1 Å². The van der Waals surface area contributed by atoms with E-state index in [0.717, 1.165) is 0 Å². The van der Waals surface area contributed by atoms with E-state index in [1.165, 1.54) is 0 Å². The van der Waals surface area contributed by atoms with Gasteiger partial charge in [0.1, 0.15) is 5.82 Å². The highest BCUT2D eigenvalue weighted by atomic mass is 16.5. The second-order valence-corrected chi connectivity index (χ2v) is 3.67. The molecule has 1 rings (SSSR count). The molecule has 0 aliphatic rings. The van der Waals surface area contributed by atoms with Crippen molar-refractivity contribution in [3.05, 3.63) is 11.6 Å². The van der Waals surface area contributed by atoms with Crippen molar-refractivity contribution in [2.75, 3.05) is 13.2 Å². The number of aromatic nitrogens is 3. The van der Waals surface area contributed by atoms with Gasteiger partial charge in [0.05, 0.1) is 19.3 Å². The Hall–Kier alpha value is -1.43. The molecule has 96 valence electrons. The first-order valence-electron chi connectivity index (χ1n) is 5.78. The molecule has 1 aromatic rings. The van der Waals surface area contributed by atoms with Gasteiger partial charge in [0.25, 0.3) is 0 Å². The van der Waals surface area contributed by atoms with E-state index in [1.54, 1.807) is 18.4 Å². The Morgan fingerprint density at radius 3 is 2.65 bits per heavy atom.